The predicted molar refractivity (Wildman–Crippen MR) is 80.6 cm³/mol. The van der Waals surface area contributed by atoms with Crippen molar-refractivity contribution in [2.45, 2.75) is 43.0 Å². The molecule has 0 aliphatic heterocycles. The smallest absolute Gasteiger partial charge is 0.280 e. The molecule has 0 fully saturated rings. The lowest BCUT2D eigenvalue weighted by atomic mass is 10.1. The van der Waals surface area contributed by atoms with Crippen molar-refractivity contribution >= 4 is 11.8 Å². The van der Waals surface area contributed by atoms with Gasteiger partial charge in [0.15, 0.2) is 5.16 Å². The van der Waals surface area contributed by atoms with Crippen molar-refractivity contribution in [3.05, 3.63) is 50.7 Å². The minimum atomic E-state index is -2.95. The first kappa shape index (κ1) is 16.9. The second-order valence-corrected chi connectivity index (χ2v) is 6.27. The maximum atomic E-state index is 13.1. The van der Waals surface area contributed by atoms with E-state index in [1.54, 1.807) is 0 Å². The maximum Gasteiger partial charge on any atom is 0.280 e. The molecular weight excluding hydrogens is 346 g/mol. The van der Waals surface area contributed by atoms with Crippen molar-refractivity contribution in [2.24, 2.45) is 0 Å². The Balaban J connectivity index is 1.89. The number of thioether (sulfide) groups is 1. The molecule has 128 valence electrons. The van der Waals surface area contributed by atoms with E-state index in [0.717, 1.165) is 30.4 Å². The fourth-order valence-electron chi connectivity index (χ4n) is 2.70. The number of alkyl halides is 4. The number of hydrogen-bond donors (Lipinski definition) is 1. The second kappa shape index (κ2) is 6.92. The fourth-order valence-corrected chi connectivity index (χ4v) is 3.64. The molecule has 24 heavy (non-hydrogen) atoms. The average Bonchev–Trinajstić information content (AvgIpc) is 3.01. The van der Waals surface area contributed by atoms with Gasteiger partial charge in [-0.15, -0.1) is 0 Å². The number of rotatable bonds is 5. The van der Waals surface area contributed by atoms with Crippen LogP contribution in [0.4, 0.5) is 17.6 Å². The molecule has 0 spiro atoms. The van der Waals surface area contributed by atoms with Gasteiger partial charge in [-0.2, -0.15) is 0 Å². The van der Waals surface area contributed by atoms with Crippen molar-refractivity contribution in [3.8, 4) is 0 Å². The highest BCUT2D eigenvalue weighted by molar-refractivity contribution is 7.98. The van der Waals surface area contributed by atoms with E-state index in [2.05, 4.69) is 15.0 Å². The van der Waals surface area contributed by atoms with Crippen LogP contribution in [0.1, 0.15) is 47.3 Å². The van der Waals surface area contributed by atoms with E-state index in [1.165, 1.54) is 0 Å². The first-order chi connectivity index (χ1) is 11.5. The van der Waals surface area contributed by atoms with Gasteiger partial charge in [-0.1, -0.05) is 11.8 Å². The molecule has 1 aliphatic carbocycles. The standard InChI is InChI=1S/C15H13F4N3OS/c16-12(17)7-4-5-20-11(13(18)19)9(7)6-24-15-21-10-3-1-2-8(10)14(23)22-15/h4-5,12-13H,1-3,6H2,(H,21,22,23). The quantitative estimate of drug-likeness (QED) is 0.501. The molecule has 0 radical (unpaired) electrons. The van der Waals surface area contributed by atoms with Crippen molar-refractivity contribution in [1.82, 2.24) is 15.0 Å². The molecular formula is C15H13F4N3OS. The number of halogens is 4. The molecule has 2 heterocycles. The molecule has 0 aromatic carbocycles. The Bertz CT molecular complexity index is 784. The van der Waals surface area contributed by atoms with Crippen molar-refractivity contribution < 1.29 is 17.6 Å². The summed E-state index contributed by atoms with van der Waals surface area (Å²) in [7, 11) is 0. The number of aromatic nitrogens is 3. The van der Waals surface area contributed by atoms with Gasteiger partial charge in [0, 0.05) is 23.1 Å². The normalized spacial score (nSPS) is 13.8. The molecule has 4 nitrogen and oxygen atoms in total. The van der Waals surface area contributed by atoms with Crippen molar-refractivity contribution in [2.75, 3.05) is 0 Å². The van der Waals surface area contributed by atoms with Gasteiger partial charge in [0.05, 0.1) is 5.69 Å². The third kappa shape index (κ3) is 3.31. The number of H-pyrrole nitrogens is 1. The van der Waals surface area contributed by atoms with Gasteiger partial charge in [0.25, 0.3) is 18.4 Å². The Hall–Kier alpha value is -1.90. The summed E-state index contributed by atoms with van der Waals surface area (Å²) in [5.74, 6) is -0.172. The van der Waals surface area contributed by atoms with E-state index < -0.39 is 24.1 Å². The zero-order chi connectivity index (χ0) is 17.3. The van der Waals surface area contributed by atoms with E-state index in [1.807, 2.05) is 0 Å². The van der Waals surface area contributed by atoms with Crippen LogP contribution in [0.15, 0.2) is 22.2 Å². The summed E-state index contributed by atoms with van der Waals surface area (Å²) in [4.78, 5) is 22.3. The second-order valence-electron chi connectivity index (χ2n) is 5.30. The number of hydrogen-bond acceptors (Lipinski definition) is 4. The lowest BCUT2D eigenvalue weighted by Gasteiger charge is -2.13. The Morgan fingerprint density at radius 3 is 2.71 bits per heavy atom. The molecule has 0 unspecified atom stereocenters. The summed E-state index contributed by atoms with van der Waals surface area (Å²) in [5, 5.41) is 0.241. The minimum absolute atomic E-state index is 0.172. The molecule has 2 aromatic rings. The number of aryl methyl sites for hydroxylation is 1. The van der Waals surface area contributed by atoms with Crippen LogP contribution in [-0.4, -0.2) is 15.0 Å². The summed E-state index contributed by atoms with van der Waals surface area (Å²) in [6.45, 7) is 0. The van der Waals surface area contributed by atoms with Crippen LogP contribution in [0, 0.1) is 0 Å². The summed E-state index contributed by atoms with van der Waals surface area (Å²) < 4.78 is 52.3. The molecule has 0 amide bonds. The van der Waals surface area contributed by atoms with Gasteiger partial charge in [-0.3, -0.25) is 9.78 Å². The molecule has 0 atom stereocenters. The van der Waals surface area contributed by atoms with Crippen LogP contribution in [0.25, 0.3) is 0 Å². The Labute approximate surface area is 138 Å². The summed E-state index contributed by atoms with van der Waals surface area (Å²) in [6.07, 6.45) is -2.69. The number of nitrogens with zero attached hydrogens (tertiary/aromatic N) is 2. The molecule has 0 saturated heterocycles. The van der Waals surface area contributed by atoms with Gasteiger partial charge in [0.1, 0.15) is 5.69 Å². The van der Waals surface area contributed by atoms with E-state index in [-0.39, 0.29) is 22.0 Å². The molecule has 3 rings (SSSR count). The van der Waals surface area contributed by atoms with Crippen LogP contribution < -0.4 is 5.56 Å². The molecule has 0 saturated carbocycles. The predicted octanol–water partition coefficient (Wildman–Crippen LogP) is 3.82. The Kier molecular flexibility index (Phi) is 4.88. The van der Waals surface area contributed by atoms with Gasteiger partial charge in [-0.05, 0) is 30.9 Å². The maximum absolute atomic E-state index is 13.1. The van der Waals surface area contributed by atoms with Crippen LogP contribution in [-0.2, 0) is 18.6 Å². The summed E-state index contributed by atoms with van der Waals surface area (Å²) in [6, 6.07) is 1.03. The van der Waals surface area contributed by atoms with Gasteiger partial charge in [-0.25, -0.2) is 22.5 Å². The van der Waals surface area contributed by atoms with E-state index in [0.29, 0.717) is 24.1 Å². The fraction of sp³-hybridized carbons (Fsp3) is 0.400. The molecule has 1 aliphatic rings. The van der Waals surface area contributed by atoms with Gasteiger partial charge < -0.3 is 4.98 Å². The van der Waals surface area contributed by atoms with Crippen LogP contribution in [0.5, 0.6) is 0 Å². The monoisotopic (exact) mass is 359 g/mol. The number of pyridine rings is 1. The molecule has 1 N–H and O–H groups in total. The van der Waals surface area contributed by atoms with E-state index in [4.69, 9.17) is 0 Å². The Morgan fingerprint density at radius 1 is 1.21 bits per heavy atom. The largest absolute Gasteiger partial charge is 0.301 e. The van der Waals surface area contributed by atoms with Gasteiger partial charge >= 0.3 is 0 Å². The summed E-state index contributed by atoms with van der Waals surface area (Å²) >= 11 is 0.944. The highest BCUT2D eigenvalue weighted by Gasteiger charge is 2.23. The highest BCUT2D eigenvalue weighted by Crippen LogP contribution is 2.33. The highest BCUT2D eigenvalue weighted by atomic mass is 32.2. The van der Waals surface area contributed by atoms with E-state index in [9.17, 15) is 22.4 Å². The Morgan fingerprint density at radius 2 is 2.00 bits per heavy atom. The summed E-state index contributed by atoms with van der Waals surface area (Å²) in [5.41, 5.74) is -0.275. The third-order valence-electron chi connectivity index (χ3n) is 3.84. The first-order valence-electron chi connectivity index (χ1n) is 7.26. The average molecular weight is 359 g/mol. The molecule has 2 aromatic heterocycles. The minimum Gasteiger partial charge on any atom is -0.301 e. The van der Waals surface area contributed by atoms with Crippen molar-refractivity contribution in [3.63, 3.8) is 0 Å². The van der Waals surface area contributed by atoms with Crippen LogP contribution in [0.2, 0.25) is 0 Å². The first-order valence-corrected chi connectivity index (χ1v) is 8.24. The zero-order valence-corrected chi connectivity index (χ0v) is 13.2. The number of nitrogens with one attached hydrogen (secondary N) is 1. The lowest BCUT2D eigenvalue weighted by molar-refractivity contribution is 0.138. The van der Waals surface area contributed by atoms with Gasteiger partial charge in [0.2, 0.25) is 0 Å². The zero-order valence-electron chi connectivity index (χ0n) is 12.4. The topological polar surface area (TPSA) is 58.6 Å². The van der Waals surface area contributed by atoms with Crippen LogP contribution >= 0.6 is 11.8 Å². The molecule has 9 heteroatoms. The lowest BCUT2D eigenvalue weighted by Crippen LogP contribution is -2.15. The number of aromatic amines is 1. The van der Waals surface area contributed by atoms with E-state index >= 15 is 0 Å². The SMILES string of the molecule is O=c1[nH]c(SCc2c(C(F)F)ccnc2C(F)F)nc2c1CCC2. The molecule has 0 bridgehead atoms. The number of fused-ring (bicyclic) bond motifs is 1. The van der Waals surface area contributed by atoms with Crippen molar-refractivity contribution in [1.29, 1.82) is 0 Å². The van der Waals surface area contributed by atoms with Crippen LogP contribution in [0.3, 0.4) is 0 Å². The third-order valence-corrected chi connectivity index (χ3v) is 4.74.